The van der Waals surface area contributed by atoms with Crippen molar-refractivity contribution < 1.29 is 4.79 Å². The second-order valence-electron chi connectivity index (χ2n) is 3.47. The summed E-state index contributed by atoms with van der Waals surface area (Å²) in [5, 5.41) is 0. The summed E-state index contributed by atoms with van der Waals surface area (Å²) in [6.45, 7) is 7.99. The van der Waals surface area contributed by atoms with Crippen LogP contribution in [0.25, 0.3) is 0 Å². The molecule has 0 aromatic carbocycles. The van der Waals surface area contributed by atoms with Gasteiger partial charge in [-0.05, 0) is 28.3 Å². The molecule has 0 atom stereocenters. The van der Waals surface area contributed by atoms with E-state index in [9.17, 15) is 4.79 Å². The SMILES string of the molecule is C/C(=C\C(C)(C)C)C(=O)Br. The zero-order chi connectivity index (χ0) is 8.36. The fourth-order valence-electron chi connectivity index (χ4n) is 0.706. The van der Waals surface area contributed by atoms with Gasteiger partial charge in [0.1, 0.15) is 0 Å². The van der Waals surface area contributed by atoms with E-state index in [0.717, 1.165) is 5.57 Å². The predicted molar refractivity (Wildman–Crippen MR) is 47.1 cm³/mol. The second-order valence-corrected chi connectivity index (χ2v) is 4.19. The van der Waals surface area contributed by atoms with Gasteiger partial charge in [-0.25, -0.2) is 0 Å². The molecule has 0 bridgehead atoms. The molecule has 0 rings (SSSR count). The third-order valence-electron chi connectivity index (χ3n) is 0.960. The monoisotopic (exact) mass is 204 g/mol. The molecule has 1 nitrogen and oxygen atoms in total. The summed E-state index contributed by atoms with van der Waals surface area (Å²) in [5.74, 6) is 0. The number of carbonyl (C=O) groups is 1. The molecular formula is C8H13BrO. The molecule has 0 fully saturated rings. The first-order valence-electron chi connectivity index (χ1n) is 3.22. The molecule has 0 unspecified atom stereocenters. The van der Waals surface area contributed by atoms with Crippen molar-refractivity contribution >= 4 is 20.6 Å². The van der Waals surface area contributed by atoms with Gasteiger partial charge in [-0.3, -0.25) is 4.79 Å². The highest BCUT2D eigenvalue weighted by molar-refractivity contribution is 9.18. The summed E-state index contributed by atoms with van der Waals surface area (Å²) < 4.78 is -0.0255. The van der Waals surface area contributed by atoms with Crippen molar-refractivity contribution in [2.45, 2.75) is 27.7 Å². The zero-order valence-electron chi connectivity index (χ0n) is 6.86. The zero-order valence-corrected chi connectivity index (χ0v) is 8.45. The van der Waals surface area contributed by atoms with Gasteiger partial charge in [0.2, 0.25) is 4.69 Å². The van der Waals surface area contributed by atoms with Crippen LogP contribution in [0.3, 0.4) is 0 Å². The lowest BCUT2D eigenvalue weighted by molar-refractivity contribution is -0.107. The Hall–Kier alpha value is -0.110. The summed E-state index contributed by atoms with van der Waals surface area (Å²) in [6.07, 6.45) is 1.95. The molecule has 0 heterocycles. The molecule has 10 heavy (non-hydrogen) atoms. The van der Waals surface area contributed by atoms with Crippen molar-refractivity contribution in [3.8, 4) is 0 Å². The van der Waals surface area contributed by atoms with E-state index in [-0.39, 0.29) is 10.1 Å². The molecule has 0 aromatic heterocycles. The molecule has 0 radical (unpaired) electrons. The van der Waals surface area contributed by atoms with Gasteiger partial charge in [0, 0.05) is 5.57 Å². The Kier molecular flexibility index (Phi) is 3.29. The minimum atomic E-state index is -0.0255. The van der Waals surface area contributed by atoms with Gasteiger partial charge in [0.15, 0.2) is 0 Å². The van der Waals surface area contributed by atoms with E-state index in [1.165, 1.54) is 0 Å². The van der Waals surface area contributed by atoms with E-state index in [1.807, 2.05) is 13.0 Å². The van der Waals surface area contributed by atoms with Crippen LogP contribution in [-0.4, -0.2) is 4.69 Å². The van der Waals surface area contributed by atoms with Crippen molar-refractivity contribution in [1.29, 1.82) is 0 Å². The average molecular weight is 205 g/mol. The summed E-state index contributed by atoms with van der Waals surface area (Å²) in [6, 6.07) is 0. The third kappa shape index (κ3) is 4.74. The van der Waals surface area contributed by atoms with Crippen LogP contribution < -0.4 is 0 Å². The van der Waals surface area contributed by atoms with Crippen LogP contribution in [0.4, 0.5) is 0 Å². The van der Waals surface area contributed by atoms with E-state index in [2.05, 4.69) is 36.7 Å². The quantitative estimate of drug-likeness (QED) is 0.475. The molecule has 0 aliphatic rings. The lowest BCUT2D eigenvalue weighted by Gasteiger charge is -2.12. The van der Waals surface area contributed by atoms with E-state index >= 15 is 0 Å². The Labute approximate surface area is 70.6 Å². The number of allylic oxidation sites excluding steroid dienone is 2. The molecular weight excluding hydrogens is 192 g/mol. The van der Waals surface area contributed by atoms with Crippen LogP contribution >= 0.6 is 15.9 Å². The Morgan fingerprint density at radius 2 is 1.80 bits per heavy atom. The highest BCUT2D eigenvalue weighted by atomic mass is 79.9. The van der Waals surface area contributed by atoms with Crippen molar-refractivity contribution in [2.24, 2.45) is 5.41 Å². The van der Waals surface area contributed by atoms with E-state index in [0.29, 0.717) is 0 Å². The first-order valence-corrected chi connectivity index (χ1v) is 4.01. The Morgan fingerprint density at radius 3 is 1.90 bits per heavy atom. The summed E-state index contributed by atoms with van der Waals surface area (Å²) >= 11 is 2.89. The summed E-state index contributed by atoms with van der Waals surface area (Å²) in [7, 11) is 0. The van der Waals surface area contributed by atoms with Gasteiger partial charge < -0.3 is 0 Å². The minimum absolute atomic E-state index is 0.0255. The molecule has 0 N–H and O–H groups in total. The molecule has 0 aliphatic carbocycles. The number of rotatable bonds is 1. The standard InChI is InChI=1S/C8H13BrO/c1-6(7(9)10)5-8(2,3)4/h5H,1-4H3/b6-5+. The lowest BCUT2D eigenvalue weighted by Crippen LogP contribution is -2.02. The molecule has 0 saturated heterocycles. The van der Waals surface area contributed by atoms with E-state index in [4.69, 9.17) is 0 Å². The van der Waals surface area contributed by atoms with E-state index < -0.39 is 0 Å². The highest BCUT2D eigenvalue weighted by Crippen LogP contribution is 2.18. The van der Waals surface area contributed by atoms with Crippen molar-refractivity contribution in [3.63, 3.8) is 0 Å². The fourth-order valence-corrected chi connectivity index (χ4v) is 0.821. The van der Waals surface area contributed by atoms with Crippen LogP contribution in [0, 0.1) is 5.41 Å². The molecule has 0 saturated carbocycles. The van der Waals surface area contributed by atoms with Crippen LogP contribution in [0.5, 0.6) is 0 Å². The molecule has 0 amide bonds. The van der Waals surface area contributed by atoms with Gasteiger partial charge in [-0.15, -0.1) is 0 Å². The number of hydrogen-bond acceptors (Lipinski definition) is 1. The van der Waals surface area contributed by atoms with Gasteiger partial charge in [-0.1, -0.05) is 26.8 Å². The number of halogens is 1. The maximum absolute atomic E-state index is 10.7. The molecule has 0 aliphatic heterocycles. The minimum Gasteiger partial charge on any atom is -0.281 e. The highest BCUT2D eigenvalue weighted by Gasteiger charge is 2.08. The average Bonchev–Trinajstić information content (AvgIpc) is 1.60. The lowest BCUT2D eigenvalue weighted by atomic mass is 9.94. The Balaban J connectivity index is 4.32. The first-order chi connectivity index (χ1) is 4.33. The molecule has 2 heteroatoms. The first kappa shape index (κ1) is 9.89. The van der Waals surface area contributed by atoms with Gasteiger partial charge >= 0.3 is 0 Å². The maximum Gasteiger partial charge on any atom is 0.223 e. The number of hydrogen-bond donors (Lipinski definition) is 0. The van der Waals surface area contributed by atoms with Gasteiger partial charge in [0.05, 0.1) is 0 Å². The van der Waals surface area contributed by atoms with Crippen molar-refractivity contribution in [2.75, 3.05) is 0 Å². The third-order valence-corrected chi connectivity index (χ3v) is 1.58. The predicted octanol–water partition coefficient (Wildman–Crippen LogP) is 2.90. The number of carbonyl (C=O) groups excluding carboxylic acids is 1. The second kappa shape index (κ2) is 3.33. The summed E-state index contributed by atoms with van der Waals surface area (Å²) in [4.78, 5) is 10.7. The fraction of sp³-hybridized carbons (Fsp3) is 0.625. The maximum atomic E-state index is 10.7. The molecule has 0 spiro atoms. The topological polar surface area (TPSA) is 17.1 Å². The Morgan fingerprint density at radius 1 is 1.40 bits per heavy atom. The normalized spacial score (nSPS) is 13.5. The van der Waals surface area contributed by atoms with Crippen LogP contribution in [-0.2, 0) is 4.79 Å². The van der Waals surface area contributed by atoms with Gasteiger partial charge in [0.25, 0.3) is 0 Å². The molecule has 0 aromatic rings. The molecule has 58 valence electrons. The van der Waals surface area contributed by atoms with E-state index in [1.54, 1.807) is 0 Å². The van der Waals surface area contributed by atoms with Crippen LogP contribution in [0.1, 0.15) is 27.7 Å². The Bertz CT molecular complexity index is 163. The van der Waals surface area contributed by atoms with Crippen molar-refractivity contribution in [1.82, 2.24) is 0 Å². The van der Waals surface area contributed by atoms with Crippen molar-refractivity contribution in [3.05, 3.63) is 11.6 Å². The summed E-state index contributed by atoms with van der Waals surface area (Å²) in [5.41, 5.74) is 0.862. The van der Waals surface area contributed by atoms with Crippen LogP contribution in [0.2, 0.25) is 0 Å². The van der Waals surface area contributed by atoms with Crippen LogP contribution in [0.15, 0.2) is 11.6 Å². The van der Waals surface area contributed by atoms with Gasteiger partial charge in [-0.2, -0.15) is 0 Å². The smallest absolute Gasteiger partial charge is 0.223 e. The largest absolute Gasteiger partial charge is 0.281 e.